The van der Waals surface area contributed by atoms with Gasteiger partial charge in [-0.05, 0) is 24.3 Å². The molecule has 0 aromatic heterocycles. The summed E-state index contributed by atoms with van der Waals surface area (Å²) in [5.74, 6) is -0.942. The number of carbonyl (C=O) groups excluding carboxylic acids is 2. The van der Waals surface area contributed by atoms with E-state index in [-0.39, 0.29) is 10.8 Å². The van der Waals surface area contributed by atoms with Gasteiger partial charge in [-0.25, -0.2) is 13.2 Å². The largest absolute Gasteiger partial charge is 0.325 e. The number of benzene rings is 1. The molecule has 0 aliphatic carbocycles. The second kappa shape index (κ2) is 5.83. The van der Waals surface area contributed by atoms with Crippen molar-refractivity contribution in [3.8, 4) is 0 Å². The first-order valence-corrected chi connectivity index (χ1v) is 7.22. The maximum Gasteiger partial charge on any atom is 0.325 e. The van der Waals surface area contributed by atoms with Gasteiger partial charge in [-0.1, -0.05) is 0 Å². The smallest absolute Gasteiger partial charge is 0.308 e. The summed E-state index contributed by atoms with van der Waals surface area (Å²) in [5.41, 5.74) is 0.363. The van der Waals surface area contributed by atoms with Crippen molar-refractivity contribution in [1.82, 2.24) is 5.32 Å². The maximum atomic E-state index is 11.2. The molecule has 0 fully saturated rings. The first kappa shape index (κ1) is 14.5. The van der Waals surface area contributed by atoms with Crippen LogP contribution in [0.2, 0.25) is 0 Å². The Morgan fingerprint density at radius 3 is 2.22 bits per heavy atom. The van der Waals surface area contributed by atoms with E-state index in [1.807, 2.05) is 5.32 Å². The van der Waals surface area contributed by atoms with Gasteiger partial charge < -0.3 is 5.32 Å². The predicted octanol–water partition coefficient (Wildman–Crippen LogP) is 0.977. The standard InChI is InChI=1S/C10H11ClN2O4S/c1-18(16,17)8-4-2-7(3-5-8)12-10(15)13-9(14)6-11/h2-5H,6H2,1H3,(H2,12,13,14,15). The summed E-state index contributed by atoms with van der Waals surface area (Å²) in [6.07, 6.45) is 1.08. The molecule has 6 nitrogen and oxygen atoms in total. The minimum atomic E-state index is -3.27. The van der Waals surface area contributed by atoms with Gasteiger partial charge in [0, 0.05) is 11.9 Å². The van der Waals surface area contributed by atoms with E-state index >= 15 is 0 Å². The van der Waals surface area contributed by atoms with E-state index in [0.29, 0.717) is 5.69 Å². The highest BCUT2D eigenvalue weighted by Gasteiger charge is 2.08. The molecular weight excluding hydrogens is 280 g/mol. The van der Waals surface area contributed by atoms with Crippen molar-refractivity contribution >= 4 is 39.1 Å². The second-order valence-corrected chi connectivity index (χ2v) is 5.72. The van der Waals surface area contributed by atoms with E-state index in [4.69, 9.17) is 11.6 Å². The van der Waals surface area contributed by atoms with Crippen LogP contribution in [-0.4, -0.2) is 32.5 Å². The van der Waals surface area contributed by atoms with Gasteiger partial charge in [0.15, 0.2) is 9.84 Å². The molecule has 0 saturated heterocycles. The van der Waals surface area contributed by atoms with Crippen LogP contribution < -0.4 is 10.6 Å². The summed E-state index contributed by atoms with van der Waals surface area (Å²) < 4.78 is 22.4. The molecule has 0 bridgehead atoms. The van der Waals surface area contributed by atoms with Crippen LogP contribution in [-0.2, 0) is 14.6 Å². The van der Waals surface area contributed by atoms with Gasteiger partial charge in [-0.3, -0.25) is 10.1 Å². The lowest BCUT2D eigenvalue weighted by atomic mass is 10.3. The highest BCUT2D eigenvalue weighted by atomic mass is 35.5. The number of imide groups is 1. The monoisotopic (exact) mass is 290 g/mol. The molecular formula is C10H11ClN2O4S. The van der Waals surface area contributed by atoms with Gasteiger partial charge in [0.05, 0.1) is 4.90 Å². The molecule has 1 aromatic rings. The fourth-order valence-electron chi connectivity index (χ4n) is 1.11. The maximum absolute atomic E-state index is 11.2. The van der Waals surface area contributed by atoms with E-state index in [1.54, 1.807) is 0 Å². The van der Waals surface area contributed by atoms with Crippen LogP contribution in [0, 0.1) is 0 Å². The molecule has 0 atom stereocenters. The zero-order valence-electron chi connectivity index (χ0n) is 9.44. The van der Waals surface area contributed by atoms with Crippen LogP contribution in [0.1, 0.15) is 0 Å². The SMILES string of the molecule is CS(=O)(=O)c1ccc(NC(=O)NC(=O)CCl)cc1. The highest BCUT2D eigenvalue weighted by Crippen LogP contribution is 2.13. The van der Waals surface area contributed by atoms with Gasteiger partial charge in [-0.2, -0.15) is 0 Å². The molecule has 0 heterocycles. The summed E-state index contributed by atoms with van der Waals surface area (Å²) in [5, 5.41) is 4.35. The molecule has 0 saturated carbocycles. The molecule has 98 valence electrons. The highest BCUT2D eigenvalue weighted by molar-refractivity contribution is 7.90. The van der Waals surface area contributed by atoms with Crippen LogP contribution in [0.15, 0.2) is 29.2 Å². The third-order valence-electron chi connectivity index (χ3n) is 1.91. The quantitative estimate of drug-likeness (QED) is 0.812. The van der Waals surface area contributed by atoms with Crippen molar-refractivity contribution in [2.24, 2.45) is 0 Å². The topological polar surface area (TPSA) is 92.3 Å². The fraction of sp³-hybridized carbons (Fsp3) is 0.200. The van der Waals surface area contributed by atoms with Crippen LogP contribution in [0.3, 0.4) is 0 Å². The molecule has 1 aromatic carbocycles. The molecule has 8 heteroatoms. The van der Waals surface area contributed by atoms with E-state index in [1.165, 1.54) is 24.3 Å². The summed E-state index contributed by atoms with van der Waals surface area (Å²) in [6, 6.07) is 4.82. The van der Waals surface area contributed by atoms with Gasteiger partial charge in [-0.15, -0.1) is 11.6 Å². The zero-order valence-corrected chi connectivity index (χ0v) is 11.0. The number of hydrogen-bond acceptors (Lipinski definition) is 4. The third kappa shape index (κ3) is 4.34. The van der Waals surface area contributed by atoms with Gasteiger partial charge in [0.25, 0.3) is 0 Å². The Bertz CT molecular complexity index is 554. The summed E-state index contributed by atoms with van der Waals surface area (Å²) >= 11 is 5.21. The number of urea groups is 1. The fourth-order valence-corrected chi connectivity index (χ4v) is 1.81. The van der Waals surface area contributed by atoms with E-state index in [0.717, 1.165) is 6.26 Å². The van der Waals surface area contributed by atoms with E-state index in [2.05, 4.69) is 5.32 Å². The number of alkyl halides is 1. The van der Waals surface area contributed by atoms with Gasteiger partial charge >= 0.3 is 6.03 Å². The summed E-state index contributed by atoms with van der Waals surface area (Å²) in [6.45, 7) is 0. The lowest BCUT2D eigenvalue weighted by Gasteiger charge is -2.06. The predicted molar refractivity (Wildman–Crippen MR) is 67.4 cm³/mol. The molecule has 0 aliphatic rings. The molecule has 3 amide bonds. The van der Waals surface area contributed by atoms with Gasteiger partial charge in [0.2, 0.25) is 5.91 Å². The lowest BCUT2D eigenvalue weighted by Crippen LogP contribution is -2.35. The van der Waals surface area contributed by atoms with Crippen LogP contribution in [0.5, 0.6) is 0 Å². The molecule has 18 heavy (non-hydrogen) atoms. The molecule has 1 rings (SSSR count). The number of sulfone groups is 1. The van der Waals surface area contributed by atoms with Crippen molar-refractivity contribution in [2.45, 2.75) is 4.90 Å². The molecule has 0 unspecified atom stereocenters. The van der Waals surface area contributed by atoms with Crippen molar-refractivity contribution in [2.75, 3.05) is 17.5 Å². The Morgan fingerprint density at radius 1 is 1.22 bits per heavy atom. The normalized spacial score (nSPS) is 10.8. The van der Waals surface area contributed by atoms with Gasteiger partial charge in [0.1, 0.15) is 5.88 Å². The number of nitrogens with one attached hydrogen (secondary N) is 2. The first-order valence-electron chi connectivity index (χ1n) is 4.80. The Morgan fingerprint density at radius 2 is 1.78 bits per heavy atom. The Balaban J connectivity index is 2.70. The van der Waals surface area contributed by atoms with Crippen LogP contribution in [0.4, 0.5) is 10.5 Å². The summed E-state index contributed by atoms with van der Waals surface area (Å²) in [4.78, 5) is 22.2. The Labute approximate surface area is 109 Å². The minimum Gasteiger partial charge on any atom is -0.308 e. The molecule has 0 radical (unpaired) electrons. The Hall–Kier alpha value is -1.60. The molecule has 0 spiro atoms. The molecule has 0 aliphatic heterocycles. The summed E-state index contributed by atoms with van der Waals surface area (Å²) in [7, 11) is -3.27. The van der Waals surface area contributed by atoms with E-state index in [9.17, 15) is 18.0 Å². The molecule has 2 N–H and O–H groups in total. The average molecular weight is 291 g/mol. The van der Waals surface area contributed by atoms with Crippen molar-refractivity contribution < 1.29 is 18.0 Å². The number of hydrogen-bond donors (Lipinski definition) is 2. The minimum absolute atomic E-state index is 0.144. The number of rotatable bonds is 3. The lowest BCUT2D eigenvalue weighted by molar-refractivity contribution is -0.117. The Kier molecular flexibility index (Phi) is 4.69. The number of carbonyl (C=O) groups is 2. The zero-order chi connectivity index (χ0) is 13.8. The van der Waals surface area contributed by atoms with Crippen molar-refractivity contribution in [3.05, 3.63) is 24.3 Å². The van der Waals surface area contributed by atoms with Crippen molar-refractivity contribution in [1.29, 1.82) is 0 Å². The average Bonchev–Trinajstić information content (AvgIpc) is 2.28. The number of amides is 3. The second-order valence-electron chi connectivity index (χ2n) is 3.43. The van der Waals surface area contributed by atoms with E-state index < -0.39 is 21.8 Å². The first-order chi connectivity index (χ1) is 8.32. The third-order valence-corrected chi connectivity index (χ3v) is 3.29. The number of halogens is 1. The van der Waals surface area contributed by atoms with Crippen LogP contribution >= 0.6 is 11.6 Å². The number of anilines is 1. The van der Waals surface area contributed by atoms with Crippen molar-refractivity contribution in [3.63, 3.8) is 0 Å². The van der Waals surface area contributed by atoms with Crippen LogP contribution in [0.25, 0.3) is 0 Å².